The van der Waals surface area contributed by atoms with E-state index in [1.54, 1.807) is 0 Å². The van der Waals surface area contributed by atoms with E-state index in [4.69, 9.17) is 4.74 Å². The monoisotopic (exact) mass is 377 g/mol. The smallest absolute Gasteiger partial charge is 0.171 e. The fourth-order valence-corrected chi connectivity index (χ4v) is 4.51. The number of phenols is 1. The number of aromatic hydroxyl groups is 1. The number of rotatable bonds is 3. The van der Waals surface area contributed by atoms with Gasteiger partial charge < -0.3 is 19.7 Å². The number of nitrogens with zero attached hydrogens (tertiary/aromatic N) is 2. The number of benzene rings is 3. The third-order valence-corrected chi connectivity index (χ3v) is 5.89. The summed E-state index contributed by atoms with van der Waals surface area (Å²) in [6, 6.07) is 18.0. The zero-order chi connectivity index (χ0) is 18.2. The third-order valence-electron chi connectivity index (χ3n) is 4.87. The predicted molar refractivity (Wildman–Crippen MR) is 109 cm³/mol. The number of nitrogens with one attached hydrogen (secondary N) is 1. The molecule has 0 radical (unpaired) electrons. The van der Waals surface area contributed by atoms with Gasteiger partial charge in [0.25, 0.3) is 0 Å². The molecule has 0 bridgehead atoms. The van der Waals surface area contributed by atoms with Gasteiger partial charge in [-0.25, -0.2) is 4.98 Å². The highest BCUT2D eigenvalue weighted by Gasteiger charge is 2.19. The summed E-state index contributed by atoms with van der Waals surface area (Å²) in [6.45, 7) is 3.09. The highest BCUT2D eigenvalue weighted by Crippen LogP contribution is 2.43. The Morgan fingerprint density at radius 1 is 1.00 bits per heavy atom. The Bertz CT molecular complexity index is 1090. The van der Waals surface area contributed by atoms with E-state index in [-0.39, 0.29) is 5.75 Å². The first-order valence-corrected chi connectivity index (χ1v) is 9.81. The molecule has 5 rings (SSSR count). The molecule has 0 amide bonds. The number of hydrogen-bond donors (Lipinski definition) is 2. The van der Waals surface area contributed by atoms with Crippen LogP contribution in [0.25, 0.3) is 21.8 Å². The lowest BCUT2D eigenvalue weighted by molar-refractivity contribution is 0.123. The zero-order valence-corrected chi connectivity index (χ0v) is 15.5. The molecule has 0 saturated carbocycles. The van der Waals surface area contributed by atoms with E-state index in [2.05, 4.69) is 27.0 Å². The molecule has 1 saturated heterocycles. The summed E-state index contributed by atoms with van der Waals surface area (Å²) in [4.78, 5) is 11.1. The SMILES string of the molecule is Oc1cc(N2CCOCC2)c2ccccc2c1Sc1nc2ccccc2[nH]1. The molecule has 0 aliphatic carbocycles. The summed E-state index contributed by atoms with van der Waals surface area (Å²) in [5.74, 6) is 0.278. The van der Waals surface area contributed by atoms with Gasteiger partial charge in [0.2, 0.25) is 0 Å². The molecular weight excluding hydrogens is 358 g/mol. The number of aromatic nitrogens is 2. The first-order valence-electron chi connectivity index (χ1n) is 8.99. The summed E-state index contributed by atoms with van der Waals surface area (Å²) >= 11 is 1.46. The topological polar surface area (TPSA) is 61.4 Å². The third kappa shape index (κ3) is 3.01. The molecule has 4 aromatic rings. The lowest BCUT2D eigenvalue weighted by Crippen LogP contribution is -2.36. The molecule has 0 spiro atoms. The van der Waals surface area contributed by atoms with Gasteiger partial charge in [-0.15, -0.1) is 0 Å². The van der Waals surface area contributed by atoms with Crippen molar-refractivity contribution in [3.63, 3.8) is 0 Å². The summed E-state index contributed by atoms with van der Waals surface area (Å²) in [7, 11) is 0. The maximum atomic E-state index is 10.8. The molecule has 3 aromatic carbocycles. The Kier molecular flexibility index (Phi) is 4.14. The van der Waals surface area contributed by atoms with Crippen molar-refractivity contribution in [1.29, 1.82) is 0 Å². The van der Waals surface area contributed by atoms with Gasteiger partial charge in [-0.2, -0.15) is 0 Å². The van der Waals surface area contributed by atoms with Crippen LogP contribution in [0.15, 0.2) is 64.6 Å². The molecule has 1 aliphatic heterocycles. The number of para-hydroxylation sites is 2. The standard InChI is InChI=1S/C21H19N3O2S/c25-19-13-18(24-9-11-26-12-10-24)14-5-1-2-6-15(14)20(19)27-21-22-16-7-3-4-8-17(16)23-21/h1-8,13,25H,9-12H2,(H,22,23). The van der Waals surface area contributed by atoms with Crippen LogP contribution in [-0.2, 0) is 4.74 Å². The lowest BCUT2D eigenvalue weighted by atomic mass is 10.1. The second-order valence-electron chi connectivity index (χ2n) is 6.55. The van der Waals surface area contributed by atoms with Crippen molar-refractivity contribution >= 4 is 39.3 Å². The molecule has 1 aliphatic rings. The molecule has 0 atom stereocenters. The van der Waals surface area contributed by atoms with Crippen molar-refractivity contribution in [3.05, 3.63) is 54.6 Å². The van der Waals surface area contributed by atoms with Crippen molar-refractivity contribution in [2.45, 2.75) is 10.1 Å². The molecule has 2 N–H and O–H groups in total. The number of aromatic amines is 1. The van der Waals surface area contributed by atoms with E-state index in [1.807, 2.05) is 42.5 Å². The second kappa shape index (κ2) is 6.79. The Labute approximate surface area is 161 Å². The molecule has 1 aromatic heterocycles. The van der Waals surface area contributed by atoms with E-state index in [0.717, 1.165) is 50.6 Å². The summed E-state index contributed by atoms with van der Waals surface area (Å²) in [5.41, 5.74) is 2.97. The van der Waals surface area contributed by atoms with Gasteiger partial charge >= 0.3 is 0 Å². The fourth-order valence-electron chi connectivity index (χ4n) is 3.56. The lowest BCUT2D eigenvalue weighted by Gasteiger charge is -2.30. The van der Waals surface area contributed by atoms with Gasteiger partial charge in [0.05, 0.1) is 29.1 Å². The van der Waals surface area contributed by atoms with Crippen LogP contribution in [-0.4, -0.2) is 41.4 Å². The van der Waals surface area contributed by atoms with Crippen molar-refractivity contribution in [3.8, 4) is 5.75 Å². The quantitative estimate of drug-likeness (QED) is 0.554. The van der Waals surface area contributed by atoms with Gasteiger partial charge in [-0.1, -0.05) is 36.4 Å². The Morgan fingerprint density at radius 3 is 2.56 bits per heavy atom. The molecule has 0 unspecified atom stereocenters. The minimum Gasteiger partial charge on any atom is -0.507 e. The Hall–Kier alpha value is -2.70. The fraction of sp³-hybridized carbons (Fsp3) is 0.190. The molecule has 27 heavy (non-hydrogen) atoms. The highest BCUT2D eigenvalue weighted by atomic mass is 32.2. The number of phenolic OH excluding ortho intramolecular Hbond substituents is 1. The van der Waals surface area contributed by atoms with E-state index in [1.165, 1.54) is 11.8 Å². The minimum absolute atomic E-state index is 0.278. The number of hydrogen-bond acceptors (Lipinski definition) is 5. The molecular formula is C21H19N3O2S. The summed E-state index contributed by atoms with van der Waals surface area (Å²) in [6.07, 6.45) is 0. The molecule has 1 fully saturated rings. The number of anilines is 1. The average Bonchev–Trinajstić information content (AvgIpc) is 3.13. The number of ether oxygens (including phenoxy) is 1. The largest absolute Gasteiger partial charge is 0.507 e. The van der Waals surface area contributed by atoms with Crippen LogP contribution < -0.4 is 4.90 Å². The number of fused-ring (bicyclic) bond motifs is 2. The second-order valence-corrected chi connectivity index (χ2v) is 7.55. The van der Waals surface area contributed by atoms with Crippen LogP contribution >= 0.6 is 11.8 Å². The van der Waals surface area contributed by atoms with E-state index >= 15 is 0 Å². The number of H-pyrrole nitrogens is 1. The van der Waals surface area contributed by atoms with Gasteiger partial charge in [0, 0.05) is 35.6 Å². The Balaban J connectivity index is 1.61. The Morgan fingerprint density at radius 2 is 1.74 bits per heavy atom. The predicted octanol–water partition coefficient (Wildman–Crippen LogP) is 4.41. The van der Waals surface area contributed by atoms with Crippen molar-refractivity contribution in [1.82, 2.24) is 9.97 Å². The maximum absolute atomic E-state index is 10.8. The zero-order valence-electron chi connectivity index (χ0n) is 14.7. The average molecular weight is 377 g/mol. The number of imidazole rings is 1. The van der Waals surface area contributed by atoms with Crippen LogP contribution in [0.1, 0.15) is 0 Å². The first kappa shape index (κ1) is 16.5. The summed E-state index contributed by atoms with van der Waals surface area (Å²) in [5, 5.41) is 13.8. The van der Waals surface area contributed by atoms with Gasteiger partial charge in [-0.05, 0) is 23.9 Å². The van der Waals surface area contributed by atoms with Crippen LogP contribution in [0.4, 0.5) is 5.69 Å². The first-order chi connectivity index (χ1) is 13.3. The van der Waals surface area contributed by atoms with Crippen molar-refractivity contribution in [2.24, 2.45) is 0 Å². The number of morpholine rings is 1. The van der Waals surface area contributed by atoms with Crippen LogP contribution in [0, 0.1) is 0 Å². The molecule has 5 nitrogen and oxygen atoms in total. The molecule has 2 heterocycles. The maximum Gasteiger partial charge on any atom is 0.171 e. The van der Waals surface area contributed by atoms with Crippen LogP contribution in [0.5, 0.6) is 5.75 Å². The highest BCUT2D eigenvalue weighted by molar-refractivity contribution is 7.99. The van der Waals surface area contributed by atoms with Gasteiger partial charge in [-0.3, -0.25) is 0 Å². The van der Waals surface area contributed by atoms with Crippen molar-refractivity contribution < 1.29 is 9.84 Å². The molecule has 6 heteroatoms. The van der Waals surface area contributed by atoms with E-state index in [0.29, 0.717) is 13.2 Å². The van der Waals surface area contributed by atoms with Crippen molar-refractivity contribution in [2.75, 3.05) is 31.2 Å². The van der Waals surface area contributed by atoms with Gasteiger partial charge in [0.1, 0.15) is 5.75 Å². The van der Waals surface area contributed by atoms with E-state index in [9.17, 15) is 5.11 Å². The minimum atomic E-state index is 0.278. The summed E-state index contributed by atoms with van der Waals surface area (Å²) < 4.78 is 5.47. The normalized spacial score (nSPS) is 14.9. The van der Waals surface area contributed by atoms with Gasteiger partial charge in [0.15, 0.2) is 5.16 Å². The van der Waals surface area contributed by atoms with Crippen LogP contribution in [0.3, 0.4) is 0 Å². The van der Waals surface area contributed by atoms with Crippen LogP contribution in [0.2, 0.25) is 0 Å². The molecule has 136 valence electrons. The van der Waals surface area contributed by atoms with E-state index < -0.39 is 0 Å².